The van der Waals surface area contributed by atoms with Crippen molar-refractivity contribution in [3.05, 3.63) is 34.2 Å². The van der Waals surface area contributed by atoms with E-state index in [0.29, 0.717) is 10.4 Å². The van der Waals surface area contributed by atoms with Crippen molar-refractivity contribution >= 4 is 21.8 Å². The molecule has 2 rings (SSSR count). The molecule has 1 atom stereocenters. The highest BCUT2D eigenvalue weighted by Crippen LogP contribution is 2.20. The highest BCUT2D eigenvalue weighted by atomic mass is 79.9. The monoisotopic (exact) mass is 283 g/mol. The largest absolute Gasteiger partial charge is 0.444 e. The number of aryl methyl sites for hydroxylation is 1. The number of furan rings is 1. The summed E-state index contributed by atoms with van der Waals surface area (Å²) >= 11 is 3.22. The number of halogens is 1. The van der Waals surface area contributed by atoms with Gasteiger partial charge in [-0.2, -0.15) is 0 Å². The van der Waals surface area contributed by atoms with E-state index in [1.54, 1.807) is 6.07 Å². The number of hydrogen-bond donors (Lipinski definition) is 1. The van der Waals surface area contributed by atoms with Crippen molar-refractivity contribution in [1.82, 2.24) is 5.32 Å². The topological polar surface area (TPSA) is 42.2 Å². The summed E-state index contributed by atoms with van der Waals surface area (Å²) in [5.74, 6) is 0.282. The van der Waals surface area contributed by atoms with Crippen LogP contribution in [-0.2, 0) is 0 Å². The molecule has 0 aliphatic heterocycles. The van der Waals surface area contributed by atoms with Crippen LogP contribution < -0.4 is 5.32 Å². The number of nitrogens with one attached hydrogen (secondary N) is 1. The van der Waals surface area contributed by atoms with Crippen molar-refractivity contribution in [2.75, 3.05) is 0 Å². The Morgan fingerprint density at radius 3 is 2.94 bits per heavy atom. The highest BCUT2D eigenvalue weighted by Gasteiger charge is 2.19. The number of amides is 1. The first-order valence-corrected chi connectivity index (χ1v) is 6.18. The molecule has 0 spiro atoms. The van der Waals surface area contributed by atoms with E-state index >= 15 is 0 Å². The van der Waals surface area contributed by atoms with Crippen molar-refractivity contribution in [1.29, 1.82) is 0 Å². The first kappa shape index (κ1) is 11.5. The molecule has 0 unspecified atom stereocenters. The molecule has 0 bridgehead atoms. The summed E-state index contributed by atoms with van der Waals surface area (Å²) in [4.78, 5) is 11.9. The fraction of sp³-hybridized carbons (Fsp3) is 0.417. The first-order valence-electron chi connectivity index (χ1n) is 5.38. The maximum Gasteiger partial charge on any atom is 0.287 e. The molecule has 0 aromatic carbocycles. The van der Waals surface area contributed by atoms with Crippen LogP contribution in [0, 0.1) is 6.92 Å². The van der Waals surface area contributed by atoms with Crippen LogP contribution in [0.1, 0.15) is 35.4 Å². The summed E-state index contributed by atoms with van der Waals surface area (Å²) in [6.07, 6.45) is 7.21. The second-order valence-corrected chi connectivity index (χ2v) is 4.80. The van der Waals surface area contributed by atoms with E-state index in [9.17, 15) is 4.79 Å². The van der Waals surface area contributed by atoms with Gasteiger partial charge in [0.1, 0.15) is 0 Å². The standard InChI is InChI=1S/C12H14BrNO2/c1-8-7-10(13)16-11(8)12(15)14-9-5-3-2-4-6-9/h2-3,7,9H,4-6H2,1H3,(H,14,15)/t9-/m1/s1. The van der Waals surface area contributed by atoms with Crippen molar-refractivity contribution in [2.45, 2.75) is 32.2 Å². The zero-order valence-electron chi connectivity index (χ0n) is 9.13. The Labute approximate surface area is 103 Å². The molecular formula is C12H14BrNO2. The van der Waals surface area contributed by atoms with Gasteiger partial charge in [-0.25, -0.2) is 0 Å². The van der Waals surface area contributed by atoms with Crippen LogP contribution in [0.4, 0.5) is 0 Å². The molecule has 1 amide bonds. The molecule has 0 saturated heterocycles. The summed E-state index contributed by atoms with van der Waals surface area (Å²) in [6, 6.07) is 2.04. The molecule has 4 heteroatoms. The van der Waals surface area contributed by atoms with E-state index in [0.717, 1.165) is 24.8 Å². The maximum atomic E-state index is 11.9. The molecule has 1 aromatic heterocycles. The molecule has 0 radical (unpaired) electrons. The molecule has 1 aliphatic carbocycles. The van der Waals surface area contributed by atoms with Crippen LogP contribution >= 0.6 is 15.9 Å². The minimum atomic E-state index is -0.122. The smallest absolute Gasteiger partial charge is 0.287 e. The summed E-state index contributed by atoms with van der Waals surface area (Å²) in [5.41, 5.74) is 0.857. The molecule has 0 saturated carbocycles. The van der Waals surface area contributed by atoms with Crippen molar-refractivity contribution in [3.8, 4) is 0 Å². The van der Waals surface area contributed by atoms with Gasteiger partial charge in [-0.1, -0.05) is 12.2 Å². The fourth-order valence-electron chi connectivity index (χ4n) is 1.84. The molecule has 16 heavy (non-hydrogen) atoms. The van der Waals surface area contributed by atoms with Gasteiger partial charge in [0.15, 0.2) is 10.4 Å². The summed E-state index contributed by atoms with van der Waals surface area (Å²) in [5, 5.41) is 2.98. The SMILES string of the molecule is Cc1cc(Br)oc1C(=O)N[C@@H]1CC=CCC1. The molecule has 1 aromatic rings. The second kappa shape index (κ2) is 4.87. The number of rotatable bonds is 2. The molecule has 0 fully saturated rings. The Kier molecular flexibility index (Phi) is 3.49. The van der Waals surface area contributed by atoms with E-state index in [1.165, 1.54) is 0 Å². The molecule has 3 nitrogen and oxygen atoms in total. The summed E-state index contributed by atoms with van der Waals surface area (Å²) < 4.78 is 5.90. The van der Waals surface area contributed by atoms with Gasteiger partial charge in [0.2, 0.25) is 0 Å². The Morgan fingerprint density at radius 2 is 2.38 bits per heavy atom. The minimum Gasteiger partial charge on any atom is -0.444 e. The summed E-state index contributed by atoms with van der Waals surface area (Å²) in [6.45, 7) is 1.87. The van der Waals surface area contributed by atoms with Crippen LogP contribution in [0.15, 0.2) is 27.3 Å². The normalized spacial score (nSPS) is 19.8. The Bertz CT molecular complexity index is 423. The van der Waals surface area contributed by atoms with Crippen molar-refractivity contribution in [3.63, 3.8) is 0 Å². The molecule has 1 N–H and O–H groups in total. The van der Waals surface area contributed by atoms with Crippen molar-refractivity contribution in [2.24, 2.45) is 0 Å². The molecule has 1 aliphatic rings. The van der Waals surface area contributed by atoms with Crippen LogP contribution in [0.5, 0.6) is 0 Å². The predicted octanol–water partition coefficient (Wildman–Crippen LogP) is 3.19. The van der Waals surface area contributed by atoms with Gasteiger partial charge in [0, 0.05) is 11.6 Å². The van der Waals surface area contributed by atoms with Gasteiger partial charge in [-0.05, 0) is 48.2 Å². The van der Waals surface area contributed by atoms with E-state index in [4.69, 9.17) is 4.42 Å². The third kappa shape index (κ3) is 2.55. The third-order valence-corrected chi connectivity index (χ3v) is 3.09. The van der Waals surface area contributed by atoms with Crippen LogP contribution in [0.3, 0.4) is 0 Å². The van der Waals surface area contributed by atoms with Crippen LogP contribution in [0.2, 0.25) is 0 Å². The van der Waals surface area contributed by atoms with Crippen molar-refractivity contribution < 1.29 is 9.21 Å². The van der Waals surface area contributed by atoms with Crippen LogP contribution in [-0.4, -0.2) is 11.9 Å². The lowest BCUT2D eigenvalue weighted by Gasteiger charge is -2.18. The lowest BCUT2D eigenvalue weighted by atomic mass is 10.0. The zero-order chi connectivity index (χ0) is 11.5. The first-order chi connectivity index (χ1) is 7.66. The fourth-order valence-corrected chi connectivity index (χ4v) is 2.35. The molecule has 1 heterocycles. The van der Waals surface area contributed by atoms with E-state index < -0.39 is 0 Å². The summed E-state index contributed by atoms with van der Waals surface area (Å²) in [7, 11) is 0. The highest BCUT2D eigenvalue weighted by molar-refractivity contribution is 9.10. The van der Waals surface area contributed by atoms with E-state index in [2.05, 4.69) is 33.4 Å². The average Bonchev–Trinajstić information content (AvgIpc) is 2.59. The third-order valence-electron chi connectivity index (χ3n) is 2.70. The number of carbonyl (C=O) groups excluding carboxylic acids is 1. The molecular weight excluding hydrogens is 270 g/mol. The number of allylic oxidation sites excluding steroid dienone is 1. The van der Waals surface area contributed by atoms with Gasteiger partial charge in [0.05, 0.1) is 0 Å². The molecule has 86 valence electrons. The Hall–Kier alpha value is -1.03. The minimum absolute atomic E-state index is 0.122. The second-order valence-electron chi connectivity index (χ2n) is 4.02. The Balaban J connectivity index is 2.02. The lowest BCUT2D eigenvalue weighted by Crippen LogP contribution is -2.35. The Morgan fingerprint density at radius 1 is 1.56 bits per heavy atom. The zero-order valence-corrected chi connectivity index (χ0v) is 10.7. The quantitative estimate of drug-likeness (QED) is 0.847. The van der Waals surface area contributed by atoms with Gasteiger partial charge < -0.3 is 9.73 Å². The average molecular weight is 284 g/mol. The van der Waals surface area contributed by atoms with Gasteiger partial charge >= 0.3 is 0 Å². The van der Waals surface area contributed by atoms with Gasteiger partial charge in [-0.15, -0.1) is 0 Å². The predicted molar refractivity (Wildman–Crippen MR) is 65.4 cm³/mol. The number of hydrogen-bond acceptors (Lipinski definition) is 2. The lowest BCUT2D eigenvalue weighted by molar-refractivity contribution is 0.0904. The van der Waals surface area contributed by atoms with E-state index in [1.807, 2.05) is 6.92 Å². The van der Waals surface area contributed by atoms with Crippen LogP contribution in [0.25, 0.3) is 0 Å². The van der Waals surface area contributed by atoms with E-state index in [-0.39, 0.29) is 11.9 Å². The van der Waals surface area contributed by atoms with Gasteiger partial charge in [0.25, 0.3) is 5.91 Å². The number of carbonyl (C=O) groups is 1. The maximum absolute atomic E-state index is 11.9. The van der Waals surface area contributed by atoms with Gasteiger partial charge in [-0.3, -0.25) is 4.79 Å².